The lowest BCUT2D eigenvalue weighted by molar-refractivity contribution is -0.384. The number of Topliss-reactive ketones (excluding diaryl/α,β-unsaturated/α-hetero) is 1. The largest absolute Gasteiger partial charge is 0.372 e. The SMILES string of the molecule is O=C1CC(c2ccc(F)cc2)CC2=C1C(c1ccc([N+](=O)[O-])cc1)Nc1ccccc1N2. The number of ketones is 1. The Morgan fingerprint density at radius 2 is 1.53 bits per heavy atom. The number of benzene rings is 3. The van der Waals surface area contributed by atoms with E-state index in [9.17, 15) is 19.3 Å². The van der Waals surface area contributed by atoms with Crippen molar-refractivity contribution in [1.29, 1.82) is 0 Å². The van der Waals surface area contributed by atoms with E-state index in [2.05, 4.69) is 10.6 Å². The van der Waals surface area contributed by atoms with Crippen molar-refractivity contribution in [2.45, 2.75) is 24.8 Å². The van der Waals surface area contributed by atoms with Crippen molar-refractivity contribution in [3.05, 3.63) is 111 Å². The molecular weight excluding hydrogens is 409 g/mol. The quantitative estimate of drug-likeness (QED) is 0.411. The van der Waals surface area contributed by atoms with Gasteiger partial charge in [-0.2, -0.15) is 0 Å². The molecule has 0 fully saturated rings. The minimum Gasteiger partial charge on any atom is -0.372 e. The highest BCUT2D eigenvalue weighted by Crippen LogP contribution is 2.44. The monoisotopic (exact) mass is 429 g/mol. The molecule has 32 heavy (non-hydrogen) atoms. The summed E-state index contributed by atoms with van der Waals surface area (Å²) in [5.74, 6) is -0.367. The van der Waals surface area contributed by atoms with Crippen LogP contribution in [0.3, 0.4) is 0 Å². The molecule has 3 aromatic rings. The Morgan fingerprint density at radius 3 is 2.22 bits per heavy atom. The molecule has 2 atom stereocenters. The molecule has 3 aromatic carbocycles. The second-order valence-electron chi connectivity index (χ2n) is 8.07. The molecule has 2 aliphatic rings. The number of halogens is 1. The van der Waals surface area contributed by atoms with E-state index in [1.807, 2.05) is 24.3 Å². The molecule has 0 saturated heterocycles. The van der Waals surface area contributed by atoms with E-state index >= 15 is 0 Å². The number of rotatable bonds is 3. The third-order valence-electron chi connectivity index (χ3n) is 6.09. The average molecular weight is 429 g/mol. The van der Waals surface area contributed by atoms with Gasteiger partial charge in [0.15, 0.2) is 5.78 Å². The fourth-order valence-electron chi connectivity index (χ4n) is 4.50. The maximum atomic E-state index is 13.4. The van der Waals surface area contributed by atoms with Gasteiger partial charge in [0.05, 0.1) is 22.3 Å². The first-order valence-corrected chi connectivity index (χ1v) is 10.4. The summed E-state index contributed by atoms with van der Waals surface area (Å²) in [6.45, 7) is 0. The average Bonchev–Trinajstić information content (AvgIpc) is 2.96. The second-order valence-corrected chi connectivity index (χ2v) is 8.07. The van der Waals surface area contributed by atoms with Gasteiger partial charge in [-0.15, -0.1) is 0 Å². The van der Waals surface area contributed by atoms with Gasteiger partial charge >= 0.3 is 0 Å². The van der Waals surface area contributed by atoms with Crippen molar-refractivity contribution >= 4 is 22.8 Å². The normalized spacial score (nSPS) is 19.8. The van der Waals surface area contributed by atoms with Crippen LogP contribution in [0.25, 0.3) is 0 Å². The van der Waals surface area contributed by atoms with Crippen LogP contribution in [-0.4, -0.2) is 10.7 Å². The van der Waals surface area contributed by atoms with Crippen LogP contribution in [-0.2, 0) is 4.79 Å². The van der Waals surface area contributed by atoms with Crippen LogP contribution in [0, 0.1) is 15.9 Å². The van der Waals surface area contributed by atoms with E-state index in [-0.39, 0.29) is 23.2 Å². The Hall–Kier alpha value is -4.00. The number of para-hydroxylation sites is 2. The summed E-state index contributed by atoms with van der Waals surface area (Å²) in [7, 11) is 0. The van der Waals surface area contributed by atoms with Gasteiger partial charge in [-0.25, -0.2) is 4.39 Å². The molecule has 0 saturated carbocycles. The highest BCUT2D eigenvalue weighted by atomic mass is 19.1. The summed E-state index contributed by atoms with van der Waals surface area (Å²) in [4.78, 5) is 24.1. The molecule has 2 unspecified atom stereocenters. The topological polar surface area (TPSA) is 84.3 Å². The number of hydrogen-bond acceptors (Lipinski definition) is 5. The molecule has 0 amide bonds. The Kier molecular flexibility index (Phi) is 4.93. The number of allylic oxidation sites excluding steroid dienone is 1. The molecule has 160 valence electrons. The van der Waals surface area contributed by atoms with E-state index in [4.69, 9.17) is 0 Å². The van der Waals surface area contributed by atoms with Gasteiger partial charge in [-0.1, -0.05) is 24.3 Å². The maximum absolute atomic E-state index is 13.4. The molecule has 1 aliphatic heterocycles. The molecule has 5 rings (SSSR count). The summed E-state index contributed by atoms with van der Waals surface area (Å²) in [5, 5.41) is 18.0. The molecule has 0 bridgehead atoms. The van der Waals surface area contributed by atoms with E-state index in [1.165, 1.54) is 24.3 Å². The summed E-state index contributed by atoms with van der Waals surface area (Å²) in [6.07, 6.45) is 0.917. The first-order chi connectivity index (χ1) is 15.5. The summed E-state index contributed by atoms with van der Waals surface area (Å²) >= 11 is 0. The van der Waals surface area contributed by atoms with Gasteiger partial charge in [0.25, 0.3) is 5.69 Å². The van der Waals surface area contributed by atoms with Crippen molar-refractivity contribution in [2.75, 3.05) is 10.6 Å². The number of nitro benzene ring substituents is 1. The lowest BCUT2D eigenvalue weighted by Crippen LogP contribution is -2.26. The van der Waals surface area contributed by atoms with Crippen LogP contribution in [0.2, 0.25) is 0 Å². The Morgan fingerprint density at radius 1 is 0.875 bits per heavy atom. The van der Waals surface area contributed by atoms with Gasteiger partial charge in [0.1, 0.15) is 5.82 Å². The summed E-state index contributed by atoms with van der Waals surface area (Å²) < 4.78 is 13.4. The fraction of sp³-hybridized carbons (Fsp3) is 0.160. The minimum atomic E-state index is -0.441. The van der Waals surface area contributed by atoms with Crippen molar-refractivity contribution < 1.29 is 14.1 Å². The number of carbonyl (C=O) groups is 1. The molecule has 2 N–H and O–H groups in total. The molecule has 7 heteroatoms. The van der Waals surface area contributed by atoms with E-state index in [0.717, 1.165) is 28.2 Å². The van der Waals surface area contributed by atoms with E-state index < -0.39 is 11.0 Å². The number of nitro groups is 1. The van der Waals surface area contributed by atoms with Gasteiger partial charge in [0, 0.05) is 29.8 Å². The zero-order chi connectivity index (χ0) is 22.2. The Bertz CT molecular complexity index is 1240. The zero-order valence-corrected chi connectivity index (χ0v) is 17.0. The third kappa shape index (κ3) is 3.62. The third-order valence-corrected chi connectivity index (χ3v) is 6.09. The van der Waals surface area contributed by atoms with Crippen molar-refractivity contribution in [3.63, 3.8) is 0 Å². The lowest BCUT2D eigenvalue weighted by atomic mass is 9.78. The van der Waals surface area contributed by atoms with Crippen LogP contribution in [0.1, 0.15) is 35.9 Å². The molecule has 1 aliphatic carbocycles. The van der Waals surface area contributed by atoms with Gasteiger partial charge < -0.3 is 10.6 Å². The highest BCUT2D eigenvalue weighted by Gasteiger charge is 2.36. The predicted octanol–water partition coefficient (Wildman–Crippen LogP) is 5.71. The standard InChI is InChI=1S/C25H20FN3O3/c26-18-9-5-15(6-10-18)17-13-22-24(23(30)14-17)25(16-7-11-19(12-8-16)29(31)32)28-21-4-2-1-3-20(21)27-22/h1-12,17,25,27-28H,13-14H2. The smallest absolute Gasteiger partial charge is 0.269 e. The fourth-order valence-corrected chi connectivity index (χ4v) is 4.50. The lowest BCUT2D eigenvalue weighted by Gasteiger charge is -2.30. The Balaban J connectivity index is 1.58. The number of nitrogens with one attached hydrogen (secondary N) is 2. The van der Waals surface area contributed by atoms with Crippen LogP contribution >= 0.6 is 0 Å². The van der Waals surface area contributed by atoms with Crippen LogP contribution in [0.5, 0.6) is 0 Å². The number of nitrogens with zero attached hydrogens (tertiary/aromatic N) is 1. The number of carbonyl (C=O) groups excluding carboxylic acids is 1. The molecule has 0 spiro atoms. The number of anilines is 2. The van der Waals surface area contributed by atoms with E-state index in [1.54, 1.807) is 24.3 Å². The summed E-state index contributed by atoms with van der Waals surface area (Å²) in [5.41, 5.74) is 4.85. The van der Waals surface area contributed by atoms with E-state index in [0.29, 0.717) is 18.4 Å². The van der Waals surface area contributed by atoms with Gasteiger partial charge in [-0.05, 0) is 59.9 Å². The number of non-ortho nitro benzene ring substituents is 1. The van der Waals surface area contributed by atoms with Crippen molar-refractivity contribution in [1.82, 2.24) is 0 Å². The predicted molar refractivity (Wildman–Crippen MR) is 120 cm³/mol. The van der Waals surface area contributed by atoms with Gasteiger partial charge in [-0.3, -0.25) is 14.9 Å². The molecular formula is C25H20FN3O3. The van der Waals surface area contributed by atoms with Gasteiger partial charge in [0.2, 0.25) is 0 Å². The first-order valence-electron chi connectivity index (χ1n) is 10.4. The van der Waals surface area contributed by atoms with Crippen LogP contribution < -0.4 is 10.6 Å². The molecule has 1 heterocycles. The van der Waals surface area contributed by atoms with Crippen molar-refractivity contribution in [3.8, 4) is 0 Å². The zero-order valence-electron chi connectivity index (χ0n) is 17.0. The summed E-state index contributed by atoms with van der Waals surface area (Å²) in [6, 6.07) is 19.8. The minimum absolute atomic E-state index is 0.00134. The second kappa shape index (κ2) is 7.92. The van der Waals surface area contributed by atoms with Crippen LogP contribution in [0.15, 0.2) is 84.1 Å². The molecule has 0 radical (unpaired) electrons. The molecule has 0 aromatic heterocycles. The Labute approximate surface area is 183 Å². The number of fused-ring (bicyclic) bond motifs is 1. The molecule has 6 nitrogen and oxygen atoms in total. The van der Waals surface area contributed by atoms with Crippen molar-refractivity contribution in [2.24, 2.45) is 0 Å². The first kappa shape index (κ1) is 19.9. The number of hydrogen-bond donors (Lipinski definition) is 2. The highest BCUT2D eigenvalue weighted by molar-refractivity contribution is 6.01. The van der Waals surface area contributed by atoms with Crippen LogP contribution in [0.4, 0.5) is 21.5 Å². The maximum Gasteiger partial charge on any atom is 0.269 e.